The largest absolute Gasteiger partial charge is 0.508 e. The average Bonchev–Trinajstić information content (AvgIpc) is 3.14. The van der Waals surface area contributed by atoms with Crippen LogP contribution in [0, 0.1) is 0 Å². The number of nitrogens with zero attached hydrogens (tertiary/aromatic N) is 3. The van der Waals surface area contributed by atoms with Gasteiger partial charge in [0.25, 0.3) is 0 Å². The second kappa shape index (κ2) is 10.2. The molecule has 0 bridgehead atoms. The Morgan fingerprint density at radius 1 is 1.12 bits per heavy atom. The molecule has 0 unspecified atom stereocenters. The molecule has 5 N–H and O–H groups in total. The van der Waals surface area contributed by atoms with Crippen LogP contribution in [0.4, 0.5) is 16.3 Å². The summed E-state index contributed by atoms with van der Waals surface area (Å²) in [6.45, 7) is 3.35. The number of fused-ring (bicyclic) bond motifs is 3. The fourth-order valence-electron chi connectivity index (χ4n) is 3.75. The molecule has 0 spiro atoms. The number of amides is 2. The second-order valence-corrected chi connectivity index (χ2v) is 7.38. The van der Waals surface area contributed by atoms with Crippen molar-refractivity contribution in [2.24, 2.45) is 0 Å². The van der Waals surface area contributed by atoms with Gasteiger partial charge in [-0.05, 0) is 43.2 Å². The number of nitrogens with one attached hydrogen (secondary N) is 2. The van der Waals surface area contributed by atoms with Gasteiger partial charge in [0, 0.05) is 30.6 Å². The van der Waals surface area contributed by atoms with Gasteiger partial charge >= 0.3 is 6.03 Å². The summed E-state index contributed by atoms with van der Waals surface area (Å²) in [5.74, 6) is 1.50. The van der Waals surface area contributed by atoms with Crippen molar-refractivity contribution in [2.75, 3.05) is 17.6 Å². The zero-order chi connectivity index (χ0) is 21.8. The number of benzene rings is 2. The van der Waals surface area contributed by atoms with E-state index in [-0.39, 0.29) is 24.2 Å². The van der Waals surface area contributed by atoms with Crippen molar-refractivity contribution in [1.29, 1.82) is 0 Å². The summed E-state index contributed by atoms with van der Waals surface area (Å²) in [6.07, 6.45) is 2.42. The molecule has 2 aromatic carbocycles. The van der Waals surface area contributed by atoms with E-state index in [4.69, 9.17) is 10.7 Å². The van der Waals surface area contributed by atoms with E-state index in [1.165, 1.54) is 0 Å². The Kier molecular flexibility index (Phi) is 7.37. The Labute approximate surface area is 192 Å². The van der Waals surface area contributed by atoms with Gasteiger partial charge in [0.2, 0.25) is 0 Å². The number of phenols is 1. The number of nitrogen functional groups attached to an aromatic ring is 1. The first kappa shape index (κ1) is 23.1. The molecule has 0 fully saturated rings. The summed E-state index contributed by atoms with van der Waals surface area (Å²) in [6, 6.07) is 14.2. The van der Waals surface area contributed by atoms with Crippen molar-refractivity contribution in [3.8, 4) is 5.75 Å². The Balaban J connectivity index is 0.00000289. The number of urea groups is 1. The summed E-state index contributed by atoms with van der Waals surface area (Å²) in [4.78, 5) is 21.1. The third-order valence-corrected chi connectivity index (χ3v) is 5.21. The molecule has 0 aliphatic rings. The van der Waals surface area contributed by atoms with Crippen molar-refractivity contribution in [3.63, 3.8) is 0 Å². The van der Waals surface area contributed by atoms with Gasteiger partial charge in [-0.25, -0.2) is 14.8 Å². The number of rotatable bonds is 7. The molecule has 0 aliphatic carbocycles. The molecular formula is C23H27ClN6O2. The van der Waals surface area contributed by atoms with Gasteiger partial charge in [-0.15, -0.1) is 12.4 Å². The molecule has 4 rings (SSSR count). The highest BCUT2D eigenvalue weighted by Gasteiger charge is 2.16. The SMILES string of the molecule is CCc1nc2c(N)nc3ccc(O)cc3c2n1CCCCNC(=O)Nc1ccccc1.Cl. The number of unbranched alkanes of at least 4 members (excludes halogenated alkanes) is 1. The number of halogens is 1. The molecule has 0 saturated carbocycles. The van der Waals surface area contributed by atoms with Crippen LogP contribution in [0.3, 0.4) is 0 Å². The minimum Gasteiger partial charge on any atom is -0.508 e. The van der Waals surface area contributed by atoms with Crippen molar-refractivity contribution < 1.29 is 9.90 Å². The maximum absolute atomic E-state index is 12.0. The lowest BCUT2D eigenvalue weighted by atomic mass is 10.1. The van der Waals surface area contributed by atoms with E-state index >= 15 is 0 Å². The third-order valence-electron chi connectivity index (χ3n) is 5.21. The van der Waals surface area contributed by atoms with E-state index in [2.05, 4.69) is 27.1 Å². The Morgan fingerprint density at radius 3 is 2.66 bits per heavy atom. The molecule has 0 saturated heterocycles. The predicted molar refractivity (Wildman–Crippen MR) is 130 cm³/mol. The number of phenolic OH excluding ortho intramolecular Hbond substituents is 1. The summed E-state index contributed by atoms with van der Waals surface area (Å²) in [7, 11) is 0. The maximum Gasteiger partial charge on any atom is 0.319 e. The molecule has 2 heterocycles. The van der Waals surface area contributed by atoms with Gasteiger partial charge in [0.1, 0.15) is 17.1 Å². The average molecular weight is 455 g/mol. The molecule has 2 aromatic heterocycles. The van der Waals surface area contributed by atoms with Gasteiger partial charge < -0.3 is 26.0 Å². The first-order valence-electron chi connectivity index (χ1n) is 10.4. The van der Waals surface area contributed by atoms with Crippen LogP contribution in [-0.2, 0) is 13.0 Å². The first-order chi connectivity index (χ1) is 15.1. The zero-order valence-electron chi connectivity index (χ0n) is 17.8. The van der Waals surface area contributed by atoms with Crippen LogP contribution in [0.5, 0.6) is 5.75 Å². The van der Waals surface area contributed by atoms with E-state index in [1.54, 1.807) is 18.2 Å². The van der Waals surface area contributed by atoms with E-state index in [0.717, 1.165) is 53.7 Å². The number of aromatic nitrogens is 3. The fourth-order valence-corrected chi connectivity index (χ4v) is 3.75. The summed E-state index contributed by atoms with van der Waals surface area (Å²) < 4.78 is 2.15. The van der Waals surface area contributed by atoms with Gasteiger partial charge in [0.05, 0.1) is 11.0 Å². The highest BCUT2D eigenvalue weighted by Crippen LogP contribution is 2.31. The number of hydrogen-bond acceptors (Lipinski definition) is 5. The van der Waals surface area contributed by atoms with Crippen LogP contribution in [0.2, 0.25) is 0 Å². The molecule has 8 nitrogen and oxygen atoms in total. The lowest BCUT2D eigenvalue weighted by molar-refractivity contribution is 0.252. The molecular weight excluding hydrogens is 428 g/mol. The lowest BCUT2D eigenvalue weighted by Gasteiger charge is -2.11. The number of pyridine rings is 1. The monoisotopic (exact) mass is 454 g/mol. The van der Waals surface area contributed by atoms with Crippen LogP contribution in [0.15, 0.2) is 48.5 Å². The van der Waals surface area contributed by atoms with Crippen LogP contribution in [0.1, 0.15) is 25.6 Å². The number of hydrogen-bond donors (Lipinski definition) is 4. The van der Waals surface area contributed by atoms with Crippen LogP contribution < -0.4 is 16.4 Å². The molecule has 0 atom stereocenters. The van der Waals surface area contributed by atoms with Crippen molar-refractivity contribution in [2.45, 2.75) is 32.7 Å². The van der Waals surface area contributed by atoms with Crippen LogP contribution in [0.25, 0.3) is 21.9 Å². The Morgan fingerprint density at radius 2 is 1.91 bits per heavy atom. The molecule has 4 aromatic rings. The second-order valence-electron chi connectivity index (χ2n) is 7.38. The highest BCUT2D eigenvalue weighted by molar-refractivity contribution is 6.07. The Hall–Kier alpha value is -3.52. The zero-order valence-corrected chi connectivity index (χ0v) is 18.7. The predicted octanol–water partition coefficient (Wildman–Crippen LogP) is 4.46. The number of aryl methyl sites for hydroxylation is 2. The third kappa shape index (κ3) is 4.86. The number of para-hydroxylation sites is 1. The number of nitrogens with two attached hydrogens (primary N) is 1. The van der Waals surface area contributed by atoms with Gasteiger partial charge in [-0.2, -0.15) is 0 Å². The van der Waals surface area contributed by atoms with E-state index in [9.17, 15) is 9.90 Å². The van der Waals surface area contributed by atoms with Gasteiger partial charge in [-0.3, -0.25) is 0 Å². The first-order valence-corrected chi connectivity index (χ1v) is 10.4. The summed E-state index contributed by atoms with van der Waals surface area (Å²) in [5, 5.41) is 16.5. The number of imidazole rings is 1. The summed E-state index contributed by atoms with van der Waals surface area (Å²) in [5.41, 5.74) is 9.21. The lowest BCUT2D eigenvalue weighted by Crippen LogP contribution is -2.29. The van der Waals surface area contributed by atoms with E-state index < -0.39 is 0 Å². The number of carbonyl (C=O) groups is 1. The topological polar surface area (TPSA) is 118 Å². The van der Waals surface area contributed by atoms with E-state index in [0.29, 0.717) is 17.9 Å². The maximum atomic E-state index is 12.0. The minimum atomic E-state index is -0.214. The van der Waals surface area contributed by atoms with Gasteiger partial charge in [0.15, 0.2) is 5.82 Å². The molecule has 32 heavy (non-hydrogen) atoms. The Bertz CT molecular complexity index is 1230. The van der Waals surface area contributed by atoms with Crippen molar-refractivity contribution in [3.05, 3.63) is 54.4 Å². The molecule has 0 radical (unpaired) electrons. The number of anilines is 2. The molecule has 2 amide bonds. The number of carbonyl (C=O) groups excluding carboxylic acids is 1. The smallest absolute Gasteiger partial charge is 0.319 e. The minimum absolute atomic E-state index is 0. The van der Waals surface area contributed by atoms with Gasteiger partial charge in [-0.1, -0.05) is 25.1 Å². The fraction of sp³-hybridized carbons (Fsp3) is 0.261. The highest BCUT2D eigenvalue weighted by atomic mass is 35.5. The molecule has 168 valence electrons. The van der Waals surface area contributed by atoms with Crippen LogP contribution in [-0.4, -0.2) is 32.2 Å². The quantitative estimate of drug-likeness (QED) is 0.307. The van der Waals surface area contributed by atoms with Crippen molar-refractivity contribution in [1.82, 2.24) is 19.9 Å². The number of aromatic hydroxyl groups is 1. The summed E-state index contributed by atoms with van der Waals surface area (Å²) >= 11 is 0. The van der Waals surface area contributed by atoms with E-state index in [1.807, 2.05) is 30.3 Å². The van der Waals surface area contributed by atoms with Crippen LogP contribution >= 0.6 is 12.4 Å². The standard InChI is InChI=1S/C23H26N6O2.ClH/c1-2-19-28-20-21(17-14-16(30)10-11-18(17)27-22(20)24)29(19)13-7-6-12-25-23(31)26-15-8-4-3-5-9-15;/h3-5,8-11,14,30H,2,6-7,12-13H2,1H3,(H2,24,27)(H2,25,26,31);1H. The molecule has 0 aliphatic heterocycles. The van der Waals surface area contributed by atoms with Crippen molar-refractivity contribution >= 4 is 51.9 Å². The normalized spacial score (nSPS) is 10.8. The molecule has 9 heteroatoms.